The number of aliphatic carboxylic acids is 1. The van der Waals surface area contributed by atoms with Gasteiger partial charge in [-0.15, -0.1) is 0 Å². The van der Waals surface area contributed by atoms with Crippen LogP contribution in [-0.4, -0.2) is 39.8 Å². The van der Waals surface area contributed by atoms with Crippen molar-refractivity contribution < 1.29 is 49.7 Å². The minimum Gasteiger partial charge on any atom is -0.543 e. The van der Waals surface area contributed by atoms with Gasteiger partial charge < -0.3 is 25.0 Å². The molecule has 1 aliphatic rings. The molecule has 0 amide bonds. The molecule has 1 aromatic rings. The minimum absolute atomic E-state index is 0. The Kier molecular flexibility index (Phi) is 7.09. The second-order valence-electron chi connectivity index (χ2n) is 5.52. The Morgan fingerprint density at radius 2 is 2.23 bits per heavy atom. The molecule has 0 radical (unpaired) electrons. The quantitative estimate of drug-likeness (QED) is 0.446. The molecule has 1 fully saturated rings. The second-order valence-corrected chi connectivity index (χ2v) is 5.52. The van der Waals surface area contributed by atoms with Gasteiger partial charge in [0.25, 0.3) is 0 Å². The van der Waals surface area contributed by atoms with Crippen molar-refractivity contribution in [3.05, 3.63) is 41.1 Å². The molecule has 22 heavy (non-hydrogen) atoms. The van der Waals surface area contributed by atoms with Gasteiger partial charge in [-0.3, -0.25) is 0 Å². The zero-order chi connectivity index (χ0) is 15.6. The van der Waals surface area contributed by atoms with Crippen LogP contribution in [0.15, 0.2) is 30.0 Å². The van der Waals surface area contributed by atoms with E-state index in [4.69, 9.17) is 5.11 Å². The topological polar surface area (TPSA) is 83.8 Å². The van der Waals surface area contributed by atoms with E-state index in [-0.39, 0.29) is 53.8 Å². The third-order valence-electron chi connectivity index (χ3n) is 4.09. The maximum atomic E-state index is 11.4. The molecule has 0 aliphatic carbocycles. The number of carbonyl (C=O) groups excluding carboxylic acids is 1. The van der Waals surface area contributed by atoms with Crippen LogP contribution in [0.4, 0.5) is 0 Å². The van der Waals surface area contributed by atoms with E-state index in [1.165, 1.54) is 0 Å². The van der Waals surface area contributed by atoms with E-state index in [9.17, 15) is 15.0 Å². The van der Waals surface area contributed by atoms with Crippen molar-refractivity contribution in [3.63, 3.8) is 0 Å². The van der Waals surface area contributed by atoms with Gasteiger partial charge in [-0.2, -0.15) is 0 Å². The summed E-state index contributed by atoms with van der Waals surface area (Å²) in [5.74, 6) is -1.17. The SMILES string of the molecule is CC(O)C1CN(/C(=C/c2cccc(CO)c2)C(=O)[O-])[C@@H]1C.[Na+]. The molecule has 114 valence electrons. The molecule has 1 aromatic carbocycles. The summed E-state index contributed by atoms with van der Waals surface area (Å²) in [6.45, 7) is 4.01. The van der Waals surface area contributed by atoms with E-state index in [0.717, 1.165) is 5.56 Å². The van der Waals surface area contributed by atoms with Gasteiger partial charge in [-0.25, -0.2) is 0 Å². The van der Waals surface area contributed by atoms with Crippen molar-refractivity contribution in [1.82, 2.24) is 4.90 Å². The van der Waals surface area contributed by atoms with Crippen LogP contribution < -0.4 is 34.7 Å². The summed E-state index contributed by atoms with van der Waals surface area (Å²) in [7, 11) is 0. The Hall–Kier alpha value is -0.850. The molecular formula is C16H20NNaO4. The summed E-state index contributed by atoms with van der Waals surface area (Å²) in [6, 6.07) is 7.00. The number of benzene rings is 1. The van der Waals surface area contributed by atoms with E-state index < -0.39 is 12.1 Å². The Morgan fingerprint density at radius 1 is 1.55 bits per heavy atom. The van der Waals surface area contributed by atoms with Crippen molar-refractivity contribution in [2.24, 2.45) is 5.92 Å². The average molecular weight is 313 g/mol. The normalized spacial score (nSPS) is 22.5. The summed E-state index contributed by atoms with van der Waals surface area (Å²) < 4.78 is 0. The van der Waals surface area contributed by atoms with Crippen LogP contribution >= 0.6 is 0 Å². The number of carboxylic acids is 1. The van der Waals surface area contributed by atoms with Gasteiger partial charge >= 0.3 is 29.6 Å². The number of hydrogen-bond acceptors (Lipinski definition) is 5. The van der Waals surface area contributed by atoms with Crippen LogP contribution in [0.1, 0.15) is 25.0 Å². The largest absolute Gasteiger partial charge is 1.00 e. The fourth-order valence-electron chi connectivity index (χ4n) is 2.71. The molecule has 2 N–H and O–H groups in total. The number of carboxylic acid groups (broad SMARTS) is 1. The molecule has 0 aromatic heterocycles. The first-order valence-corrected chi connectivity index (χ1v) is 7.01. The van der Waals surface area contributed by atoms with Crippen LogP contribution in [0.3, 0.4) is 0 Å². The summed E-state index contributed by atoms with van der Waals surface area (Å²) in [6.07, 6.45) is 1.08. The second kappa shape index (κ2) is 8.13. The average Bonchev–Trinajstić information content (AvgIpc) is 2.44. The third kappa shape index (κ3) is 4.12. The summed E-state index contributed by atoms with van der Waals surface area (Å²) >= 11 is 0. The van der Waals surface area contributed by atoms with E-state index in [2.05, 4.69) is 0 Å². The maximum Gasteiger partial charge on any atom is 1.00 e. The van der Waals surface area contributed by atoms with Crippen molar-refractivity contribution in [1.29, 1.82) is 0 Å². The van der Waals surface area contributed by atoms with Gasteiger partial charge in [0.1, 0.15) is 0 Å². The summed E-state index contributed by atoms with van der Waals surface area (Å²) in [5, 5.41) is 30.1. The Balaban J connectivity index is 0.00000242. The number of rotatable bonds is 5. The monoisotopic (exact) mass is 313 g/mol. The standard InChI is InChI=1S/C16H21NO4.Na/c1-10-14(11(2)19)8-17(10)15(16(20)21)7-12-4-3-5-13(6-12)9-18;/h3-7,10-11,14,18-19H,8-9H2,1-2H3,(H,20,21);/q;+1/p-1/b15-7+;/t10-,11?,14?;/m1./s1. The number of aliphatic hydroxyl groups is 2. The predicted molar refractivity (Wildman–Crippen MR) is 76.7 cm³/mol. The molecule has 3 atom stereocenters. The molecule has 0 saturated carbocycles. The van der Waals surface area contributed by atoms with Gasteiger partial charge in [-0.1, -0.05) is 18.2 Å². The molecular weight excluding hydrogens is 293 g/mol. The van der Waals surface area contributed by atoms with Gasteiger partial charge in [-0.05, 0) is 37.1 Å². The van der Waals surface area contributed by atoms with Gasteiger partial charge in [0.05, 0.1) is 24.4 Å². The molecule has 0 bridgehead atoms. The van der Waals surface area contributed by atoms with Crippen LogP contribution in [-0.2, 0) is 11.4 Å². The van der Waals surface area contributed by atoms with E-state index >= 15 is 0 Å². The van der Waals surface area contributed by atoms with E-state index in [1.54, 1.807) is 42.2 Å². The zero-order valence-corrected chi connectivity index (χ0v) is 15.2. The summed E-state index contributed by atoms with van der Waals surface area (Å²) in [4.78, 5) is 13.1. The molecule has 6 heteroatoms. The van der Waals surface area contributed by atoms with Gasteiger partial charge in [0.15, 0.2) is 0 Å². The predicted octanol–water partition coefficient (Wildman–Crippen LogP) is -3.03. The third-order valence-corrected chi connectivity index (χ3v) is 4.09. The molecule has 0 spiro atoms. The van der Waals surface area contributed by atoms with Crippen molar-refractivity contribution in [2.75, 3.05) is 6.54 Å². The Bertz CT molecular complexity index is 559. The van der Waals surface area contributed by atoms with Crippen LogP contribution in [0, 0.1) is 5.92 Å². The Morgan fingerprint density at radius 3 is 2.73 bits per heavy atom. The molecule has 1 aliphatic heterocycles. The molecule has 2 rings (SSSR count). The number of nitrogens with zero attached hydrogens (tertiary/aromatic N) is 1. The Labute approximate surface area is 152 Å². The number of likely N-dealkylation sites (tertiary alicyclic amines) is 1. The van der Waals surface area contributed by atoms with Crippen molar-refractivity contribution in [3.8, 4) is 0 Å². The van der Waals surface area contributed by atoms with Gasteiger partial charge in [0, 0.05) is 18.5 Å². The smallest absolute Gasteiger partial charge is 0.543 e. The maximum absolute atomic E-state index is 11.4. The zero-order valence-electron chi connectivity index (χ0n) is 13.2. The van der Waals surface area contributed by atoms with E-state index in [1.807, 2.05) is 6.92 Å². The fourth-order valence-corrected chi connectivity index (χ4v) is 2.71. The molecule has 5 nitrogen and oxygen atoms in total. The minimum atomic E-state index is -1.24. The van der Waals surface area contributed by atoms with Crippen LogP contribution in [0.2, 0.25) is 0 Å². The van der Waals surface area contributed by atoms with Crippen molar-refractivity contribution >= 4 is 12.0 Å². The number of hydrogen-bond donors (Lipinski definition) is 2. The first-order valence-electron chi connectivity index (χ1n) is 7.01. The van der Waals surface area contributed by atoms with Crippen LogP contribution in [0.25, 0.3) is 6.08 Å². The van der Waals surface area contributed by atoms with Crippen LogP contribution in [0.5, 0.6) is 0 Å². The number of aliphatic hydroxyl groups excluding tert-OH is 2. The summed E-state index contributed by atoms with van der Waals surface area (Å²) in [5.41, 5.74) is 1.53. The molecule has 1 saturated heterocycles. The first kappa shape index (κ1) is 19.2. The molecule has 2 unspecified atom stereocenters. The number of carbonyl (C=O) groups is 1. The first-order chi connectivity index (χ1) is 9.93. The van der Waals surface area contributed by atoms with Crippen molar-refractivity contribution in [2.45, 2.75) is 32.6 Å². The fraction of sp³-hybridized carbons (Fsp3) is 0.438. The van der Waals surface area contributed by atoms with Gasteiger partial charge in [0.2, 0.25) is 0 Å². The molecule has 1 heterocycles. The van der Waals surface area contributed by atoms with E-state index in [0.29, 0.717) is 12.1 Å².